The Morgan fingerprint density at radius 2 is 2.25 bits per heavy atom. The molecule has 0 saturated carbocycles. The molecule has 0 bridgehead atoms. The summed E-state index contributed by atoms with van der Waals surface area (Å²) in [4.78, 5) is 0. The van der Waals surface area contributed by atoms with E-state index in [0.717, 1.165) is 0 Å². The molecule has 1 aromatic rings. The van der Waals surface area contributed by atoms with Gasteiger partial charge in [-0.2, -0.15) is 0 Å². The molecule has 0 aromatic heterocycles. The molecule has 0 fully saturated rings. The zero-order valence-corrected chi connectivity index (χ0v) is 7.48. The van der Waals surface area contributed by atoms with E-state index in [-0.39, 0.29) is 5.82 Å². The van der Waals surface area contributed by atoms with Gasteiger partial charge in [-0.05, 0) is 30.7 Å². The van der Waals surface area contributed by atoms with Crippen LogP contribution in [0.5, 0.6) is 0 Å². The molecule has 1 nitrogen and oxygen atoms in total. The summed E-state index contributed by atoms with van der Waals surface area (Å²) in [5.74, 6) is -0.319. The van der Waals surface area contributed by atoms with E-state index in [1.807, 2.05) is 0 Å². The molecule has 1 aromatic carbocycles. The maximum atomic E-state index is 13.0. The van der Waals surface area contributed by atoms with Gasteiger partial charge in [-0.1, -0.05) is 11.6 Å². The fraction of sp³-hybridized carbons (Fsp3) is 0.333. The van der Waals surface area contributed by atoms with E-state index in [1.54, 1.807) is 6.92 Å². The van der Waals surface area contributed by atoms with Gasteiger partial charge >= 0.3 is 0 Å². The van der Waals surface area contributed by atoms with Crippen LogP contribution in [-0.4, -0.2) is 11.2 Å². The van der Waals surface area contributed by atoms with Gasteiger partial charge in [0.15, 0.2) is 0 Å². The molecule has 66 valence electrons. The SMILES string of the molecule is CC(O)Cc1cc(Cl)ccc1F. The van der Waals surface area contributed by atoms with Gasteiger partial charge in [0.25, 0.3) is 0 Å². The molecule has 0 radical (unpaired) electrons. The van der Waals surface area contributed by atoms with Gasteiger partial charge in [0.1, 0.15) is 5.82 Å². The fourth-order valence-corrected chi connectivity index (χ4v) is 1.21. The molecule has 0 heterocycles. The highest BCUT2D eigenvalue weighted by Gasteiger charge is 2.05. The van der Waals surface area contributed by atoms with E-state index in [0.29, 0.717) is 17.0 Å². The Hall–Kier alpha value is -0.600. The highest BCUT2D eigenvalue weighted by molar-refractivity contribution is 6.30. The molecule has 1 atom stereocenters. The lowest BCUT2D eigenvalue weighted by atomic mass is 10.1. The Kier molecular flexibility index (Phi) is 3.06. The number of hydrogen-bond acceptors (Lipinski definition) is 1. The normalized spacial score (nSPS) is 13.0. The van der Waals surface area contributed by atoms with Crippen molar-refractivity contribution in [3.8, 4) is 0 Å². The van der Waals surface area contributed by atoms with Gasteiger partial charge in [0.05, 0.1) is 6.10 Å². The predicted octanol–water partition coefficient (Wildman–Crippen LogP) is 2.40. The van der Waals surface area contributed by atoms with Crippen LogP contribution in [0.25, 0.3) is 0 Å². The molecule has 0 spiro atoms. The van der Waals surface area contributed by atoms with E-state index in [4.69, 9.17) is 16.7 Å². The summed E-state index contributed by atoms with van der Waals surface area (Å²) < 4.78 is 13.0. The summed E-state index contributed by atoms with van der Waals surface area (Å²) in [6.45, 7) is 1.61. The van der Waals surface area contributed by atoms with Crippen LogP contribution in [0, 0.1) is 5.82 Å². The van der Waals surface area contributed by atoms with Crippen molar-refractivity contribution < 1.29 is 9.50 Å². The lowest BCUT2D eigenvalue weighted by Crippen LogP contribution is -2.05. The maximum Gasteiger partial charge on any atom is 0.126 e. The summed E-state index contributed by atoms with van der Waals surface area (Å²) in [5, 5.41) is 9.50. The zero-order chi connectivity index (χ0) is 9.14. The molecule has 0 aliphatic carbocycles. The molecule has 0 amide bonds. The minimum absolute atomic E-state index is 0.298. The van der Waals surface area contributed by atoms with Gasteiger partial charge < -0.3 is 5.11 Å². The Labute approximate surface area is 75.8 Å². The molecular formula is C9H10ClFO. The number of aliphatic hydroxyl groups is 1. The van der Waals surface area contributed by atoms with Crippen LogP contribution >= 0.6 is 11.6 Å². The molecule has 0 saturated heterocycles. The van der Waals surface area contributed by atoms with Crippen molar-refractivity contribution in [1.82, 2.24) is 0 Å². The van der Waals surface area contributed by atoms with Crippen LogP contribution in [0.15, 0.2) is 18.2 Å². The topological polar surface area (TPSA) is 20.2 Å². The summed E-state index contributed by atoms with van der Waals surface area (Å²) in [6.07, 6.45) is -0.246. The lowest BCUT2D eigenvalue weighted by Gasteiger charge is -2.05. The number of aliphatic hydroxyl groups excluding tert-OH is 1. The summed E-state index contributed by atoms with van der Waals surface area (Å²) in [7, 11) is 0. The van der Waals surface area contributed by atoms with Crippen LogP contribution in [0.1, 0.15) is 12.5 Å². The van der Waals surface area contributed by atoms with Crippen molar-refractivity contribution in [3.05, 3.63) is 34.6 Å². The average molecular weight is 189 g/mol. The Bertz CT molecular complexity index is 273. The summed E-state index contributed by atoms with van der Waals surface area (Å²) in [6, 6.07) is 4.33. The standard InChI is InChI=1S/C9H10ClFO/c1-6(12)4-7-5-8(10)2-3-9(7)11/h2-3,5-6,12H,4H2,1H3. The van der Waals surface area contributed by atoms with Gasteiger partial charge in [0.2, 0.25) is 0 Å². The lowest BCUT2D eigenvalue weighted by molar-refractivity contribution is 0.194. The second kappa shape index (κ2) is 3.87. The molecule has 0 aliphatic heterocycles. The van der Waals surface area contributed by atoms with Crippen LogP contribution in [0.2, 0.25) is 5.02 Å². The van der Waals surface area contributed by atoms with Crippen LogP contribution in [0.3, 0.4) is 0 Å². The third-order valence-corrected chi connectivity index (χ3v) is 1.76. The third-order valence-electron chi connectivity index (χ3n) is 1.52. The predicted molar refractivity (Wildman–Crippen MR) is 46.8 cm³/mol. The maximum absolute atomic E-state index is 13.0. The minimum atomic E-state index is -0.544. The summed E-state index contributed by atoms with van der Waals surface area (Å²) in [5.41, 5.74) is 0.456. The molecular weight excluding hydrogens is 179 g/mol. The van der Waals surface area contributed by atoms with E-state index >= 15 is 0 Å². The zero-order valence-electron chi connectivity index (χ0n) is 6.72. The molecule has 0 aliphatic rings. The van der Waals surface area contributed by atoms with E-state index < -0.39 is 6.10 Å². The first kappa shape index (κ1) is 9.49. The number of rotatable bonds is 2. The number of benzene rings is 1. The second-order valence-electron chi connectivity index (χ2n) is 2.79. The average Bonchev–Trinajstić information content (AvgIpc) is 1.96. The Balaban J connectivity index is 2.90. The van der Waals surface area contributed by atoms with Crippen molar-refractivity contribution in [2.45, 2.75) is 19.4 Å². The first-order valence-electron chi connectivity index (χ1n) is 3.71. The molecule has 12 heavy (non-hydrogen) atoms. The fourth-order valence-electron chi connectivity index (χ4n) is 1.02. The Morgan fingerprint density at radius 3 is 2.83 bits per heavy atom. The van der Waals surface area contributed by atoms with Crippen LogP contribution < -0.4 is 0 Å². The largest absolute Gasteiger partial charge is 0.393 e. The number of halogens is 2. The first-order chi connectivity index (χ1) is 5.59. The Morgan fingerprint density at radius 1 is 1.58 bits per heavy atom. The first-order valence-corrected chi connectivity index (χ1v) is 4.09. The van der Waals surface area contributed by atoms with Gasteiger partial charge in [-0.25, -0.2) is 4.39 Å². The summed E-state index contributed by atoms with van der Waals surface area (Å²) >= 11 is 5.65. The molecule has 1 unspecified atom stereocenters. The van der Waals surface area contributed by atoms with Crippen LogP contribution in [0.4, 0.5) is 4.39 Å². The second-order valence-corrected chi connectivity index (χ2v) is 3.23. The highest BCUT2D eigenvalue weighted by atomic mass is 35.5. The minimum Gasteiger partial charge on any atom is -0.393 e. The highest BCUT2D eigenvalue weighted by Crippen LogP contribution is 2.16. The number of hydrogen-bond donors (Lipinski definition) is 1. The van der Waals surface area contributed by atoms with Crippen molar-refractivity contribution in [2.24, 2.45) is 0 Å². The third kappa shape index (κ3) is 2.47. The van der Waals surface area contributed by atoms with E-state index in [1.165, 1.54) is 18.2 Å². The monoisotopic (exact) mass is 188 g/mol. The van der Waals surface area contributed by atoms with E-state index in [2.05, 4.69) is 0 Å². The van der Waals surface area contributed by atoms with Gasteiger partial charge in [-0.15, -0.1) is 0 Å². The van der Waals surface area contributed by atoms with Crippen molar-refractivity contribution in [1.29, 1.82) is 0 Å². The van der Waals surface area contributed by atoms with E-state index in [9.17, 15) is 4.39 Å². The smallest absolute Gasteiger partial charge is 0.126 e. The van der Waals surface area contributed by atoms with Gasteiger partial charge in [0, 0.05) is 11.4 Å². The quantitative estimate of drug-likeness (QED) is 0.756. The molecule has 1 rings (SSSR count). The molecule has 1 N–H and O–H groups in total. The van der Waals surface area contributed by atoms with Crippen molar-refractivity contribution in [3.63, 3.8) is 0 Å². The van der Waals surface area contributed by atoms with Crippen molar-refractivity contribution in [2.75, 3.05) is 0 Å². The molecule has 3 heteroatoms. The van der Waals surface area contributed by atoms with Crippen LogP contribution in [-0.2, 0) is 6.42 Å². The van der Waals surface area contributed by atoms with Gasteiger partial charge in [-0.3, -0.25) is 0 Å². The van der Waals surface area contributed by atoms with Crippen molar-refractivity contribution >= 4 is 11.6 Å².